The number of nitrogens with zero attached hydrogens (tertiary/aromatic N) is 2. The third-order valence-corrected chi connectivity index (χ3v) is 7.89. The highest BCUT2D eigenvalue weighted by atomic mass is 35.5. The second kappa shape index (κ2) is 11.5. The van der Waals surface area contributed by atoms with Gasteiger partial charge < -0.3 is 15.0 Å². The summed E-state index contributed by atoms with van der Waals surface area (Å²) in [6, 6.07) is 11.8. The van der Waals surface area contributed by atoms with Crippen LogP contribution in [-0.2, 0) is 14.8 Å². The van der Waals surface area contributed by atoms with Gasteiger partial charge in [-0.3, -0.25) is 19.6 Å². The Morgan fingerprint density at radius 1 is 0.974 bits per heavy atom. The minimum absolute atomic E-state index is 0.0744. The molecule has 0 spiro atoms. The van der Waals surface area contributed by atoms with Gasteiger partial charge in [0, 0.05) is 35.8 Å². The SMILES string of the molecule is COC(=O)c1cc(C(=O)Nc2cc(S(=O)(=O)Nc3cc(Cl)ccc3Cl)ccc2N2CCCC2)cc([N+](=O)[O-])c1. The second-order valence-electron chi connectivity index (χ2n) is 8.57. The number of anilines is 3. The predicted molar refractivity (Wildman–Crippen MR) is 148 cm³/mol. The molecular formula is C25H22Cl2N4O7S. The van der Waals surface area contributed by atoms with Crippen molar-refractivity contribution in [1.29, 1.82) is 0 Å². The van der Waals surface area contributed by atoms with Crippen molar-refractivity contribution in [2.24, 2.45) is 0 Å². The van der Waals surface area contributed by atoms with Gasteiger partial charge in [0.25, 0.3) is 21.6 Å². The van der Waals surface area contributed by atoms with Crippen molar-refractivity contribution < 1.29 is 27.7 Å². The molecule has 14 heteroatoms. The fourth-order valence-corrected chi connectivity index (χ4v) is 5.56. The van der Waals surface area contributed by atoms with Crippen LogP contribution in [0.3, 0.4) is 0 Å². The number of hydrogen-bond acceptors (Lipinski definition) is 8. The molecule has 0 aliphatic carbocycles. The number of nitro benzene ring substituents is 1. The van der Waals surface area contributed by atoms with Crippen molar-refractivity contribution >= 4 is 67.9 Å². The van der Waals surface area contributed by atoms with E-state index in [9.17, 15) is 28.1 Å². The van der Waals surface area contributed by atoms with E-state index in [-0.39, 0.29) is 37.4 Å². The summed E-state index contributed by atoms with van der Waals surface area (Å²) in [7, 11) is -3.06. The monoisotopic (exact) mass is 592 g/mol. The van der Waals surface area contributed by atoms with E-state index in [2.05, 4.69) is 14.8 Å². The first-order valence-electron chi connectivity index (χ1n) is 11.5. The highest BCUT2D eigenvalue weighted by molar-refractivity contribution is 7.92. The molecule has 3 aromatic carbocycles. The molecule has 204 valence electrons. The number of nitro groups is 1. The summed E-state index contributed by atoms with van der Waals surface area (Å²) in [6.45, 7) is 1.38. The average Bonchev–Trinajstić information content (AvgIpc) is 3.44. The molecule has 0 aromatic heterocycles. The molecule has 0 unspecified atom stereocenters. The molecule has 1 heterocycles. The van der Waals surface area contributed by atoms with E-state index < -0.39 is 32.5 Å². The lowest BCUT2D eigenvalue weighted by atomic mass is 10.1. The summed E-state index contributed by atoms with van der Waals surface area (Å²) >= 11 is 12.1. The van der Waals surface area contributed by atoms with E-state index in [0.29, 0.717) is 18.8 Å². The van der Waals surface area contributed by atoms with Crippen LogP contribution in [0.2, 0.25) is 10.0 Å². The molecule has 1 fully saturated rings. The van der Waals surface area contributed by atoms with Gasteiger partial charge in [0.2, 0.25) is 0 Å². The fraction of sp³-hybridized carbons (Fsp3) is 0.200. The number of halogens is 2. The number of carbonyl (C=O) groups excluding carboxylic acids is 2. The van der Waals surface area contributed by atoms with Gasteiger partial charge in [-0.2, -0.15) is 0 Å². The molecule has 2 N–H and O–H groups in total. The minimum atomic E-state index is -4.17. The molecule has 1 amide bonds. The molecule has 4 rings (SSSR count). The Morgan fingerprint density at radius 2 is 1.67 bits per heavy atom. The number of benzene rings is 3. The molecule has 3 aromatic rings. The number of amides is 1. The quantitative estimate of drug-likeness (QED) is 0.202. The van der Waals surface area contributed by atoms with Crippen molar-refractivity contribution in [3.63, 3.8) is 0 Å². The van der Waals surface area contributed by atoms with Crippen LogP contribution >= 0.6 is 23.2 Å². The van der Waals surface area contributed by atoms with Gasteiger partial charge in [-0.25, -0.2) is 13.2 Å². The van der Waals surface area contributed by atoms with E-state index in [0.717, 1.165) is 38.2 Å². The van der Waals surface area contributed by atoms with Crippen LogP contribution in [0.1, 0.15) is 33.6 Å². The topological polar surface area (TPSA) is 148 Å². The molecule has 0 saturated carbocycles. The van der Waals surface area contributed by atoms with Gasteiger partial charge in [0.15, 0.2) is 0 Å². The van der Waals surface area contributed by atoms with Gasteiger partial charge in [-0.15, -0.1) is 0 Å². The highest BCUT2D eigenvalue weighted by Crippen LogP contribution is 2.34. The molecule has 0 radical (unpaired) electrons. The summed E-state index contributed by atoms with van der Waals surface area (Å²) in [5.41, 5.74) is -0.0519. The third kappa shape index (κ3) is 6.41. The fourth-order valence-electron chi connectivity index (χ4n) is 4.07. The van der Waals surface area contributed by atoms with Crippen molar-refractivity contribution in [1.82, 2.24) is 0 Å². The summed E-state index contributed by atoms with van der Waals surface area (Å²) in [4.78, 5) is 37.8. The minimum Gasteiger partial charge on any atom is -0.465 e. The number of nitrogens with one attached hydrogen (secondary N) is 2. The van der Waals surface area contributed by atoms with Crippen LogP contribution in [-0.4, -0.2) is 45.4 Å². The Hall–Kier alpha value is -3.87. The molecule has 11 nitrogen and oxygen atoms in total. The Kier molecular flexibility index (Phi) is 8.28. The van der Waals surface area contributed by atoms with E-state index in [1.165, 1.54) is 30.3 Å². The first-order valence-corrected chi connectivity index (χ1v) is 13.8. The maximum Gasteiger partial charge on any atom is 0.338 e. The Balaban J connectivity index is 1.73. The number of esters is 1. The number of ether oxygens (including phenoxy) is 1. The van der Waals surface area contributed by atoms with E-state index in [4.69, 9.17) is 23.2 Å². The zero-order valence-electron chi connectivity index (χ0n) is 20.4. The number of methoxy groups -OCH3 is 1. The number of carbonyl (C=O) groups is 2. The molecule has 1 aliphatic rings. The lowest BCUT2D eigenvalue weighted by Gasteiger charge is -2.22. The second-order valence-corrected chi connectivity index (χ2v) is 11.1. The Labute approximate surface area is 233 Å². The zero-order chi connectivity index (χ0) is 28.3. The van der Waals surface area contributed by atoms with Crippen LogP contribution < -0.4 is 14.9 Å². The van der Waals surface area contributed by atoms with E-state index >= 15 is 0 Å². The summed E-state index contributed by atoms with van der Waals surface area (Å²) in [5.74, 6) is -1.64. The van der Waals surface area contributed by atoms with Gasteiger partial charge in [0.05, 0.1) is 44.6 Å². The highest BCUT2D eigenvalue weighted by Gasteiger charge is 2.24. The summed E-state index contributed by atoms with van der Waals surface area (Å²) in [5, 5.41) is 14.5. The van der Waals surface area contributed by atoms with Crippen molar-refractivity contribution in [2.45, 2.75) is 17.7 Å². The number of non-ortho nitro benzene ring substituents is 1. The Morgan fingerprint density at radius 3 is 2.33 bits per heavy atom. The van der Waals surface area contributed by atoms with Gasteiger partial charge >= 0.3 is 5.97 Å². The lowest BCUT2D eigenvalue weighted by Crippen LogP contribution is -2.22. The molecule has 0 bridgehead atoms. The van der Waals surface area contributed by atoms with Crippen LogP contribution in [0, 0.1) is 10.1 Å². The first kappa shape index (κ1) is 28.1. The number of sulfonamides is 1. The third-order valence-electron chi connectivity index (χ3n) is 5.96. The smallest absolute Gasteiger partial charge is 0.338 e. The van der Waals surface area contributed by atoms with Gasteiger partial charge in [0.1, 0.15) is 0 Å². The van der Waals surface area contributed by atoms with E-state index in [1.807, 2.05) is 4.90 Å². The van der Waals surface area contributed by atoms with E-state index in [1.54, 1.807) is 6.07 Å². The molecule has 1 aliphatic heterocycles. The lowest BCUT2D eigenvalue weighted by molar-refractivity contribution is -0.384. The maximum atomic E-state index is 13.3. The average molecular weight is 593 g/mol. The first-order chi connectivity index (χ1) is 18.5. The zero-order valence-corrected chi connectivity index (χ0v) is 22.8. The number of rotatable bonds is 8. The van der Waals surface area contributed by atoms with Crippen LogP contribution in [0.4, 0.5) is 22.7 Å². The normalized spacial score (nSPS) is 13.2. The van der Waals surface area contributed by atoms with Crippen molar-refractivity contribution in [3.05, 3.63) is 85.9 Å². The largest absolute Gasteiger partial charge is 0.465 e. The van der Waals surface area contributed by atoms with Crippen molar-refractivity contribution in [3.8, 4) is 0 Å². The predicted octanol–water partition coefficient (Wildman–Crippen LogP) is 5.34. The maximum absolute atomic E-state index is 13.3. The van der Waals surface area contributed by atoms with Gasteiger partial charge in [-0.1, -0.05) is 23.2 Å². The number of hydrogen-bond donors (Lipinski definition) is 2. The van der Waals surface area contributed by atoms with Crippen LogP contribution in [0.25, 0.3) is 0 Å². The molecule has 1 saturated heterocycles. The van der Waals surface area contributed by atoms with Crippen LogP contribution in [0.15, 0.2) is 59.5 Å². The molecule has 39 heavy (non-hydrogen) atoms. The van der Waals surface area contributed by atoms with Crippen LogP contribution in [0.5, 0.6) is 0 Å². The van der Waals surface area contributed by atoms with Gasteiger partial charge in [-0.05, 0) is 55.3 Å². The summed E-state index contributed by atoms with van der Waals surface area (Å²) < 4.78 is 33.5. The summed E-state index contributed by atoms with van der Waals surface area (Å²) in [6.07, 6.45) is 1.82. The molecular weight excluding hydrogens is 571 g/mol. The molecule has 0 atom stereocenters. The standard InChI is InChI=1S/C25H22Cl2N4O7S/c1-38-25(33)16-10-15(11-18(12-16)31(34)35)24(32)28-22-14-19(5-7-23(22)30-8-2-3-9-30)39(36,37)29-21-13-17(26)4-6-20(21)27/h4-7,10-14,29H,2-3,8-9H2,1H3,(H,28,32). The Bertz CT molecular complexity index is 1570. The van der Waals surface area contributed by atoms with Crippen molar-refractivity contribution in [2.75, 3.05) is 35.1 Å².